The molecular formula is C23H37N5O. The first kappa shape index (κ1) is 21.6. The number of aliphatic imine (C=N–C) groups is 1. The molecule has 1 aromatic rings. The molecule has 2 N–H and O–H groups in total. The number of nitrogens with one attached hydrogen (secondary N) is 2. The van der Waals surface area contributed by atoms with Crippen molar-refractivity contribution < 1.29 is 4.79 Å². The molecule has 2 fully saturated rings. The van der Waals surface area contributed by atoms with Gasteiger partial charge >= 0.3 is 0 Å². The maximum atomic E-state index is 11.8. The third-order valence-electron chi connectivity index (χ3n) is 6.04. The lowest BCUT2D eigenvalue weighted by molar-refractivity contribution is -0.129. The third-order valence-corrected chi connectivity index (χ3v) is 6.04. The Kier molecular flexibility index (Phi) is 7.92. The molecule has 0 radical (unpaired) electrons. The van der Waals surface area contributed by atoms with Crippen molar-refractivity contribution in [3.8, 4) is 0 Å². The maximum Gasteiger partial charge on any atom is 0.222 e. The fraction of sp³-hybridized carbons (Fsp3) is 0.652. The van der Waals surface area contributed by atoms with E-state index in [1.165, 1.54) is 37.1 Å². The molecule has 160 valence electrons. The van der Waals surface area contributed by atoms with Gasteiger partial charge in [-0.1, -0.05) is 38.1 Å². The van der Waals surface area contributed by atoms with E-state index < -0.39 is 0 Å². The summed E-state index contributed by atoms with van der Waals surface area (Å²) < 4.78 is 0. The van der Waals surface area contributed by atoms with Crippen LogP contribution in [0.25, 0.3) is 0 Å². The summed E-state index contributed by atoms with van der Waals surface area (Å²) in [6.07, 6.45) is 4.23. The Morgan fingerprint density at radius 1 is 1.14 bits per heavy atom. The SMILES string of the molecule is CCC(=O)N1CCC(NC(=NC)NCc2ccc(CN3CCCC(C)C3)cc2)C1. The smallest absolute Gasteiger partial charge is 0.222 e. The van der Waals surface area contributed by atoms with Gasteiger partial charge in [-0.05, 0) is 42.9 Å². The summed E-state index contributed by atoms with van der Waals surface area (Å²) in [6, 6.07) is 9.18. The first-order valence-electron chi connectivity index (χ1n) is 11.1. The van der Waals surface area contributed by atoms with E-state index in [2.05, 4.69) is 51.7 Å². The fourth-order valence-corrected chi connectivity index (χ4v) is 4.35. The van der Waals surface area contributed by atoms with Crippen molar-refractivity contribution in [1.29, 1.82) is 0 Å². The van der Waals surface area contributed by atoms with Gasteiger partial charge < -0.3 is 15.5 Å². The van der Waals surface area contributed by atoms with E-state index in [1.807, 2.05) is 11.8 Å². The molecule has 6 heteroatoms. The van der Waals surface area contributed by atoms with Gasteiger partial charge in [-0.25, -0.2) is 0 Å². The van der Waals surface area contributed by atoms with Crippen molar-refractivity contribution in [1.82, 2.24) is 20.4 Å². The van der Waals surface area contributed by atoms with Crippen molar-refractivity contribution in [2.75, 3.05) is 33.2 Å². The highest BCUT2D eigenvalue weighted by Gasteiger charge is 2.25. The average Bonchev–Trinajstić information content (AvgIpc) is 3.20. The number of carbonyl (C=O) groups is 1. The molecule has 2 atom stereocenters. The van der Waals surface area contributed by atoms with Gasteiger partial charge in [-0.2, -0.15) is 0 Å². The van der Waals surface area contributed by atoms with Gasteiger partial charge in [-0.15, -0.1) is 0 Å². The number of carbonyl (C=O) groups excluding carboxylic acids is 1. The van der Waals surface area contributed by atoms with Crippen LogP contribution in [0.2, 0.25) is 0 Å². The average molecular weight is 400 g/mol. The number of hydrogen-bond acceptors (Lipinski definition) is 3. The van der Waals surface area contributed by atoms with Crippen LogP contribution in [0.4, 0.5) is 0 Å². The minimum atomic E-state index is 0.233. The number of benzene rings is 1. The molecule has 1 amide bonds. The zero-order chi connectivity index (χ0) is 20.6. The van der Waals surface area contributed by atoms with Gasteiger partial charge in [0, 0.05) is 52.2 Å². The molecule has 3 rings (SSSR count). The van der Waals surface area contributed by atoms with Gasteiger partial charge in [-0.3, -0.25) is 14.7 Å². The minimum absolute atomic E-state index is 0.233. The van der Waals surface area contributed by atoms with Crippen molar-refractivity contribution in [2.24, 2.45) is 10.9 Å². The van der Waals surface area contributed by atoms with Crippen LogP contribution in [-0.2, 0) is 17.9 Å². The van der Waals surface area contributed by atoms with Gasteiger partial charge in [0.25, 0.3) is 0 Å². The lowest BCUT2D eigenvalue weighted by Crippen LogP contribution is -2.44. The number of likely N-dealkylation sites (tertiary alicyclic amines) is 2. The molecule has 2 saturated heterocycles. The monoisotopic (exact) mass is 399 g/mol. The van der Waals surface area contributed by atoms with E-state index in [1.54, 1.807) is 7.05 Å². The van der Waals surface area contributed by atoms with Crippen LogP contribution in [0.3, 0.4) is 0 Å². The van der Waals surface area contributed by atoms with Crippen LogP contribution in [0, 0.1) is 5.92 Å². The Morgan fingerprint density at radius 3 is 2.59 bits per heavy atom. The van der Waals surface area contributed by atoms with E-state index in [4.69, 9.17) is 0 Å². The first-order valence-corrected chi connectivity index (χ1v) is 11.1. The van der Waals surface area contributed by atoms with Gasteiger partial charge in [0.1, 0.15) is 0 Å². The molecule has 29 heavy (non-hydrogen) atoms. The van der Waals surface area contributed by atoms with Crippen LogP contribution in [-0.4, -0.2) is 60.9 Å². The topological polar surface area (TPSA) is 60.0 Å². The van der Waals surface area contributed by atoms with Crippen LogP contribution in [0.15, 0.2) is 29.3 Å². The van der Waals surface area contributed by atoms with Gasteiger partial charge in [0.05, 0.1) is 0 Å². The molecule has 2 aliphatic rings. The standard InChI is InChI=1S/C23H37N5O/c1-4-22(29)28-13-11-21(17-28)26-23(24-3)25-14-19-7-9-20(10-8-19)16-27-12-5-6-18(2)15-27/h7-10,18,21H,4-6,11-17H2,1-3H3,(H2,24,25,26). The maximum absolute atomic E-state index is 11.8. The predicted molar refractivity (Wildman–Crippen MR) is 119 cm³/mol. The van der Waals surface area contributed by atoms with Crippen LogP contribution >= 0.6 is 0 Å². The summed E-state index contributed by atoms with van der Waals surface area (Å²) in [5, 5.41) is 6.86. The van der Waals surface area contributed by atoms with Gasteiger partial charge in [0.2, 0.25) is 5.91 Å². The Morgan fingerprint density at radius 2 is 1.90 bits per heavy atom. The zero-order valence-corrected chi connectivity index (χ0v) is 18.3. The van der Waals surface area contributed by atoms with E-state index in [0.29, 0.717) is 6.42 Å². The van der Waals surface area contributed by atoms with Crippen LogP contribution < -0.4 is 10.6 Å². The van der Waals surface area contributed by atoms with E-state index >= 15 is 0 Å². The molecule has 0 bridgehead atoms. The number of hydrogen-bond donors (Lipinski definition) is 2. The molecule has 2 heterocycles. The highest BCUT2D eigenvalue weighted by Crippen LogP contribution is 2.18. The summed E-state index contributed by atoms with van der Waals surface area (Å²) in [4.78, 5) is 20.7. The summed E-state index contributed by atoms with van der Waals surface area (Å²) >= 11 is 0. The number of piperidine rings is 1. The molecule has 6 nitrogen and oxygen atoms in total. The molecule has 0 aliphatic carbocycles. The van der Waals surface area contributed by atoms with E-state index in [9.17, 15) is 4.79 Å². The predicted octanol–water partition coefficient (Wildman–Crippen LogP) is 2.59. The number of guanidine groups is 1. The van der Waals surface area contributed by atoms with Crippen LogP contribution in [0.5, 0.6) is 0 Å². The molecule has 0 aromatic heterocycles. The lowest BCUT2D eigenvalue weighted by atomic mass is 9.99. The minimum Gasteiger partial charge on any atom is -0.352 e. The quantitative estimate of drug-likeness (QED) is 0.570. The van der Waals surface area contributed by atoms with Crippen molar-refractivity contribution in [3.05, 3.63) is 35.4 Å². The second-order valence-corrected chi connectivity index (χ2v) is 8.55. The second kappa shape index (κ2) is 10.6. The molecule has 2 aliphatic heterocycles. The Balaban J connectivity index is 1.43. The molecule has 0 saturated carbocycles. The van der Waals surface area contributed by atoms with Crippen molar-refractivity contribution in [3.63, 3.8) is 0 Å². The largest absolute Gasteiger partial charge is 0.352 e. The summed E-state index contributed by atoms with van der Waals surface area (Å²) in [6.45, 7) is 10.1. The number of nitrogens with zero attached hydrogens (tertiary/aromatic N) is 3. The molecule has 1 aromatic carbocycles. The zero-order valence-electron chi connectivity index (χ0n) is 18.3. The number of amides is 1. The highest BCUT2D eigenvalue weighted by atomic mass is 16.2. The first-order chi connectivity index (χ1) is 14.1. The molecular weight excluding hydrogens is 362 g/mol. The van der Waals surface area contributed by atoms with Crippen molar-refractivity contribution >= 4 is 11.9 Å². The molecule has 0 spiro atoms. The Labute approximate surface area is 175 Å². The Bertz CT molecular complexity index is 687. The van der Waals surface area contributed by atoms with E-state index in [-0.39, 0.29) is 11.9 Å². The third kappa shape index (κ3) is 6.46. The van der Waals surface area contributed by atoms with Crippen LogP contribution in [0.1, 0.15) is 50.7 Å². The Hall–Kier alpha value is -2.08. The second-order valence-electron chi connectivity index (χ2n) is 8.55. The normalized spacial score (nSPS) is 23.3. The van der Waals surface area contributed by atoms with Gasteiger partial charge in [0.15, 0.2) is 5.96 Å². The van der Waals surface area contributed by atoms with Crippen molar-refractivity contribution in [2.45, 2.75) is 58.7 Å². The summed E-state index contributed by atoms with van der Waals surface area (Å²) in [7, 11) is 1.79. The van der Waals surface area contributed by atoms with E-state index in [0.717, 1.165) is 44.5 Å². The summed E-state index contributed by atoms with van der Waals surface area (Å²) in [5.41, 5.74) is 2.63. The lowest BCUT2D eigenvalue weighted by Gasteiger charge is -2.30. The number of rotatable bonds is 6. The molecule has 2 unspecified atom stereocenters. The summed E-state index contributed by atoms with van der Waals surface area (Å²) in [5.74, 6) is 1.85. The highest BCUT2D eigenvalue weighted by molar-refractivity contribution is 5.80. The fourth-order valence-electron chi connectivity index (χ4n) is 4.35.